The first-order valence-corrected chi connectivity index (χ1v) is 16.8. The molecule has 1 aliphatic rings. The fourth-order valence-electron chi connectivity index (χ4n) is 5.52. The van der Waals surface area contributed by atoms with E-state index in [0.717, 1.165) is 50.0 Å². The number of ether oxygens (including phenoxy) is 1. The van der Waals surface area contributed by atoms with Crippen LogP contribution < -0.4 is 9.75 Å². The molecular weight excluding hydrogens is 613 g/mol. The summed E-state index contributed by atoms with van der Waals surface area (Å²) < 4.78 is 8.04. The highest BCUT2D eigenvalue weighted by Crippen LogP contribution is 2.33. The molecule has 5 aromatic carbocycles. The van der Waals surface area contributed by atoms with Crippen molar-refractivity contribution >= 4 is 35.1 Å². The van der Waals surface area contributed by atoms with Gasteiger partial charge in [0.1, 0.15) is 12.4 Å². The zero-order valence-electron chi connectivity index (χ0n) is 26.8. The number of benzene rings is 5. The Kier molecular flexibility index (Phi) is 9.03. The first-order valence-electron chi connectivity index (χ1n) is 15.8. The van der Waals surface area contributed by atoms with Crippen molar-refractivity contribution in [3.8, 4) is 22.7 Å². The molecule has 7 heteroatoms. The van der Waals surface area contributed by atoms with E-state index in [2.05, 4.69) is 49.4 Å². The van der Waals surface area contributed by atoms with E-state index in [1.807, 2.05) is 115 Å². The minimum Gasteiger partial charge on any atom is -0.489 e. The van der Waals surface area contributed by atoms with Crippen LogP contribution in [0.1, 0.15) is 22.3 Å². The Balaban J connectivity index is 1.26. The van der Waals surface area contributed by atoms with Crippen molar-refractivity contribution < 1.29 is 9.53 Å². The van der Waals surface area contributed by atoms with E-state index in [4.69, 9.17) is 14.9 Å². The predicted molar refractivity (Wildman–Crippen MR) is 196 cm³/mol. The van der Waals surface area contributed by atoms with Gasteiger partial charge in [0.15, 0.2) is 0 Å². The molecule has 0 N–H and O–H groups in total. The van der Waals surface area contributed by atoms with Gasteiger partial charge in [-0.05, 0) is 85.6 Å². The second kappa shape index (κ2) is 14.0. The molecule has 6 aromatic rings. The van der Waals surface area contributed by atoms with E-state index in [1.165, 1.54) is 10.6 Å². The van der Waals surface area contributed by atoms with Crippen LogP contribution in [0.3, 0.4) is 0 Å². The number of rotatable bonds is 10. The summed E-state index contributed by atoms with van der Waals surface area (Å²) in [6.07, 6.45) is 3.92. The third-order valence-corrected chi connectivity index (χ3v) is 9.12. The predicted octanol–water partition coefficient (Wildman–Crippen LogP) is 9.31. The van der Waals surface area contributed by atoms with E-state index in [9.17, 15) is 4.79 Å². The van der Waals surface area contributed by atoms with Crippen LogP contribution in [0.4, 0.5) is 5.69 Å². The molecular formula is C41H34N4O2S. The second-order valence-corrected chi connectivity index (χ2v) is 12.7. The molecule has 0 radical (unpaired) electrons. The number of carbonyl (C=O) groups excluding carboxylic acids is 1. The van der Waals surface area contributed by atoms with Crippen molar-refractivity contribution in [3.63, 3.8) is 0 Å². The van der Waals surface area contributed by atoms with Crippen LogP contribution in [0.5, 0.6) is 5.75 Å². The van der Waals surface area contributed by atoms with Crippen molar-refractivity contribution in [1.29, 1.82) is 0 Å². The summed E-state index contributed by atoms with van der Waals surface area (Å²) in [5.74, 6) is 1.19. The molecule has 2 heterocycles. The Morgan fingerprint density at radius 3 is 2.12 bits per heavy atom. The fourth-order valence-corrected chi connectivity index (χ4v) is 6.36. The summed E-state index contributed by atoms with van der Waals surface area (Å²) in [7, 11) is 0. The number of hydrogen-bond acceptors (Lipinski definition) is 5. The number of carbonyl (C=O) groups is 1. The molecule has 48 heavy (non-hydrogen) atoms. The lowest BCUT2D eigenvalue weighted by Crippen LogP contribution is -2.21. The Labute approximate surface area is 285 Å². The van der Waals surface area contributed by atoms with Gasteiger partial charge < -0.3 is 4.74 Å². The highest BCUT2D eigenvalue weighted by molar-refractivity contribution is 8.00. The van der Waals surface area contributed by atoms with Gasteiger partial charge in [0.05, 0.1) is 28.4 Å². The van der Waals surface area contributed by atoms with Crippen LogP contribution in [-0.2, 0) is 11.4 Å². The lowest BCUT2D eigenvalue weighted by Gasteiger charge is -2.11. The molecule has 0 fully saturated rings. The fraction of sp³-hybridized carbons (Fsp3) is 0.0976. The van der Waals surface area contributed by atoms with Crippen molar-refractivity contribution in [1.82, 2.24) is 9.78 Å². The van der Waals surface area contributed by atoms with Crippen LogP contribution in [-0.4, -0.2) is 27.2 Å². The van der Waals surface area contributed by atoms with E-state index in [1.54, 1.807) is 11.8 Å². The Hall–Kier alpha value is -5.66. The van der Waals surface area contributed by atoms with Gasteiger partial charge in [-0.2, -0.15) is 15.2 Å². The normalized spacial score (nSPS) is 13.6. The summed E-state index contributed by atoms with van der Waals surface area (Å²) in [5.41, 5.74) is 8.75. The molecule has 1 aliphatic heterocycles. The van der Waals surface area contributed by atoms with Crippen molar-refractivity contribution in [3.05, 3.63) is 167 Å². The number of aromatic nitrogens is 2. The first-order chi connectivity index (χ1) is 23.5. The number of amides is 1. The maximum absolute atomic E-state index is 14.1. The van der Waals surface area contributed by atoms with E-state index in [-0.39, 0.29) is 5.91 Å². The third kappa shape index (κ3) is 6.87. The molecule has 0 saturated heterocycles. The lowest BCUT2D eigenvalue weighted by molar-refractivity contribution is -0.114. The quantitative estimate of drug-likeness (QED) is 0.110. The number of anilines is 1. The van der Waals surface area contributed by atoms with Crippen LogP contribution in [0, 0.1) is 13.8 Å². The van der Waals surface area contributed by atoms with Gasteiger partial charge >= 0.3 is 0 Å². The van der Waals surface area contributed by atoms with E-state index < -0.39 is 0 Å². The summed E-state index contributed by atoms with van der Waals surface area (Å²) in [6.45, 7) is 4.61. The molecule has 236 valence electrons. The van der Waals surface area contributed by atoms with Gasteiger partial charge in [0, 0.05) is 28.0 Å². The topological polar surface area (TPSA) is 59.7 Å². The van der Waals surface area contributed by atoms with Gasteiger partial charge in [-0.3, -0.25) is 4.79 Å². The maximum atomic E-state index is 14.1. The molecule has 7 rings (SSSR count). The monoisotopic (exact) mass is 646 g/mol. The largest absolute Gasteiger partial charge is 0.489 e. The average Bonchev–Trinajstić information content (AvgIpc) is 3.69. The van der Waals surface area contributed by atoms with Crippen LogP contribution in [0.25, 0.3) is 23.0 Å². The number of hydrogen-bond donors (Lipinski definition) is 0. The number of para-hydroxylation sites is 2. The molecule has 0 bridgehead atoms. The van der Waals surface area contributed by atoms with Gasteiger partial charge in [0.2, 0.25) is 0 Å². The average molecular weight is 647 g/mol. The van der Waals surface area contributed by atoms with E-state index >= 15 is 0 Å². The van der Waals surface area contributed by atoms with Crippen molar-refractivity contribution in [2.24, 2.45) is 5.10 Å². The SMILES string of the molecule is Cc1ccc(SCC2=NN(c3ccccc3)C(=O)/C2=C\c2cn(-c3ccccc3)nc2-c2ccc(OCc3ccccc3)c(C)c2)cc1. The lowest BCUT2D eigenvalue weighted by atomic mass is 10.0. The Morgan fingerprint density at radius 2 is 1.44 bits per heavy atom. The minimum atomic E-state index is -0.167. The van der Waals surface area contributed by atoms with Crippen LogP contribution >= 0.6 is 11.8 Å². The molecule has 0 atom stereocenters. The molecule has 0 spiro atoms. The van der Waals surface area contributed by atoms with E-state index in [0.29, 0.717) is 23.6 Å². The maximum Gasteiger partial charge on any atom is 0.280 e. The molecule has 6 nitrogen and oxygen atoms in total. The molecule has 0 unspecified atom stereocenters. The molecule has 1 aromatic heterocycles. The number of hydrazone groups is 1. The molecule has 0 saturated carbocycles. The summed E-state index contributed by atoms with van der Waals surface area (Å²) in [4.78, 5) is 15.2. The Bertz CT molecular complexity index is 2110. The molecule has 0 aliphatic carbocycles. The highest BCUT2D eigenvalue weighted by Gasteiger charge is 2.31. The van der Waals surface area contributed by atoms with Crippen molar-refractivity contribution in [2.75, 3.05) is 10.8 Å². The zero-order chi connectivity index (χ0) is 32.9. The Morgan fingerprint density at radius 1 is 0.771 bits per heavy atom. The van der Waals surface area contributed by atoms with Crippen LogP contribution in [0.2, 0.25) is 0 Å². The highest BCUT2D eigenvalue weighted by atomic mass is 32.2. The number of nitrogens with zero attached hydrogens (tertiary/aromatic N) is 4. The summed E-state index contributed by atoms with van der Waals surface area (Å²) in [6, 6.07) is 44.2. The summed E-state index contributed by atoms with van der Waals surface area (Å²) in [5, 5.41) is 11.4. The van der Waals surface area contributed by atoms with Crippen LogP contribution in [0.15, 0.2) is 155 Å². The smallest absolute Gasteiger partial charge is 0.280 e. The standard InChI is InChI=1S/C41H34N4O2S/c1-29-18-21-36(22-19-29)48-28-38-37(41(46)45(42-38)35-16-10-5-11-17-35)25-33-26-44(34-14-8-4-9-15-34)43-40(33)32-20-23-39(30(2)24-32)47-27-31-12-6-3-7-13-31/h3-26H,27-28H2,1-2H3/b37-25-. The number of aryl methyl sites for hydroxylation is 2. The summed E-state index contributed by atoms with van der Waals surface area (Å²) >= 11 is 1.66. The van der Waals surface area contributed by atoms with Gasteiger partial charge in [-0.15, -0.1) is 11.8 Å². The van der Waals surface area contributed by atoms with Gasteiger partial charge in [-0.25, -0.2) is 4.68 Å². The van der Waals surface area contributed by atoms with Crippen molar-refractivity contribution in [2.45, 2.75) is 25.3 Å². The zero-order valence-corrected chi connectivity index (χ0v) is 27.6. The van der Waals surface area contributed by atoms with Gasteiger partial charge in [0.25, 0.3) is 5.91 Å². The minimum absolute atomic E-state index is 0.167. The first kappa shape index (κ1) is 31.0. The molecule has 1 amide bonds. The number of thioether (sulfide) groups is 1. The van der Waals surface area contributed by atoms with Gasteiger partial charge in [-0.1, -0.05) is 84.4 Å². The third-order valence-electron chi connectivity index (χ3n) is 8.10. The second-order valence-electron chi connectivity index (χ2n) is 11.6.